The number of nitrogens with zero attached hydrogens (tertiary/aromatic N) is 3. The number of benzene rings is 1. The van der Waals surface area contributed by atoms with E-state index < -0.39 is 0 Å². The van der Waals surface area contributed by atoms with E-state index in [1.54, 1.807) is 0 Å². The molecule has 1 aromatic heterocycles. The van der Waals surface area contributed by atoms with Gasteiger partial charge in [-0.15, -0.1) is 0 Å². The minimum absolute atomic E-state index is 0.478. The smallest absolute Gasteiger partial charge is 0.239 e. The summed E-state index contributed by atoms with van der Waals surface area (Å²) in [6.07, 6.45) is 4.03. The van der Waals surface area contributed by atoms with Gasteiger partial charge in [-0.1, -0.05) is 18.6 Å². The molecule has 1 saturated carbocycles. The molecule has 1 aliphatic rings. The Kier molecular flexibility index (Phi) is 3.69. The van der Waals surface area contributed by atoms with Crippen molar-refractivity contribution < 1.29 is 0 Å². The van der Waals surface area contributed by atoms with Gasteiger partial charge in [0.05, 0.1) is 5.52 Å². The van der Waals surface area contributed by atoms with Crippen molar-refractivity contribution in [2.24, 2.45) is 11.8 Å². The summed E-state index contributed by atoms with van der Waals surface area (Å²) in [6.45, 7) is 4.19. The van der Waals surface area contributed by atoms with Gasteiger partial charge in [-0.25, -0.2) is 10.8 Å². The molecule has 3 N–H and O–H groups in total. The molecule has 0 atom stereocenters. The van der Waals surface area contributed by atoms with Crippen LogP contribution in [-0.2, 0) is 0 Å². The Bertz CT molecular complexity index is 594. The van der Waals surface area contributed by atoms with Crippen LogP contribution in [0.4, 0.5) is 11.8 Å². The Labute approximate surface area is 119 Å². The van der Waals surface area contributed by atoms with Crippen molar-refractivity contribution in [1.82, 2.24) is 9.97 Å². The average Bonchev–Trinajstić information content (AvgIpc) is 2.45. The highest BCUT2D eigenvalue weighted by molar-refractivity contribution is 5.90. The molecule has 0 spiro atoms. The van der Waals surface area contributed by atoms with Crippen LogP contribution in [0.1, 0.15) is 26.2 Å². The van der Waals surface area contributed by atoms with Crippen molar-refractivity contribution in [3.63, 3.8) is 0 Å². The molecule has 0 amide bonds. The second kappa shape index (κ2) is 5.63. The number of hydrogen-bond donors (Lipinski definition) is 2. The van der Waals surface area contributed by atoms with Crippen molar-refractivity contribution in [3.8, 4) is 0 Å². The molecule has 5 heteroatoms. The van der Waals surface area contributed by atoms with E-state index in [-0.39, 0.29) is 0 Å². The van der Waals surface area contributed by atoms with Crippen molar-refractivity contribution in [3.05, 3.63) is 24.3 Å². The number of nitrogens with two attached hydrogens (primary N) is 1. The maximum Gasteiger partial charge on any atom is 0.239 e. The van der Waals surface area contributed by atoms with Gasteiger partial charge in [-0.05, 0) is 37.8 Å². The first-order valence-corrected chi connectivity index (χ1v) is 7.30. The highest BCUT2D eigenvalue weighted by Crippen LogP contribution is 2.31. The van der Waals surface area contributed by atoms with Gasteiger partial charge in [0, 0.05) is 18.5 Å². The van der Waals surface area contributed by atoms with Crippen molar-refractivity contribution >= 4 is 22.7 Å². The van der Waals surface area contributed by atoms with Crippen LogP contribution in [0, 0.1) is 5.92 Å². The Hall–Kier alpha value is -1.88. The van der Waals surface area contributed by atoms with Crippen LogP contribution in [0.15, 0.2) is 24.3 Å². The SMILES string of the molecule is CCN(CC1CCC1)c1nc(NN)nc2ccccc12. The second-order valence-electron chi connectivity index (χ2n) is 5.37. The number of nitrogens with one attached hydrogen (secondary N) is 1. The van der Waals surface area contributed by atoms with E-state index in [9.17, 15) is 0 Å². The summed E-state index contributed by atoms with van der Waals surface area (Å²) in [4.78, 5) is 11.3. The Morgan fingerprint density at radius 2 is 2.10 bits per heavy atom. The zero-order chi connectivity index (χ0) is 13.9. The molecule has 2 aromatic rings. The average molecular weight is 271 g/mol. The predicted octanol–water partition coefficient (Wildman–Crippen LogP) is 2.54. The van der Waals surface area contributed by atoms with Crippen LogP contribution in [0.25, 0.3) is 10.9 Å². The number of hydrogen-bond acceptors (Lipinski definition) is 5. The minimum Gasteiger partial charge on any atom is -0.356 e. The monoisotopic (exact) mass is 271 g/mol. The van der Waals surface area contributed by atoms with Gasteiger partial charge < -0.3 is 4.90 Å². The zero-order valence-corrected chi connectivity index (χ0v) is 11.8. The van der Waals surface area contributed by atoms with E-state index in [1.807, 2.05) is 18.2 Å². The topological polar surface area (TPSA) is 67.1 Å². The third kappa shape index (κ3) is 2.41. The van der Waals surface area contributed by atoms with Gasteiger partial charge in [0.25, 0.3) is 0 Å². The molecular formula is C15H21N5. The third-order valence-corrected chi connectivity index (χ3v) is 4.10. The van der Waals surface area contributed by atoms with Gasteiger partial charge >= 0.3 is 0 Å². The summed E-state index contributed by atoms with van der Waals surface area (Å²) < 4.78 is 0. The standard InChI is InChI=1S/C15H21N5/c1-2-20(10-11-6-5-7-11)14-12-8-3-4-9-13(12)17-15(18-14)19-16/h3-4,8-9,11H,2,5-7,10,16H2,1H3,(H,17,18,19). The Morgan fingerprint density at radius 3 is 2.75 bits per heavy atom. The lowest BCUT2D eigenvalue weighted by molar-refractivity contribution is 0.318. The second-order valence-corrected chi connectivity index (χ2v) is 5.37. The maximum absolute atomic E-state index is 5.50. The molecule has 1 heterocycles. The van der Waals surface area contributed by atoms with Crippen LogP contribution in [-0.4, -0.2) is 23.1 Å². The number of para-hydroxylation sites is 1. The molecule has 1 aromatic carbocycles. The van der Waals surface area contributed by atoms with Crippen LogP contribution in [0.2, 0.25) is 0 Å². The molecule has 20 heavy (non-hydrogen) atoms. The lowest BCUT2D eigenvalue weighted by atomic mass is 9.85. The summed E-state index contributed by atoms with van der Waals surface area (Å²) in [5.41, 5.74) is 3.50. The van der Waals surface area contributed by atoms with Crippen molar-refractivity contribution in [2.45, 2.75) is 26.2 Å². The van der Waals surface area contributed by atoms with E-state index in [0.29, 0.717) is 5.95 Å². The van der Waals surface area contributed by atoms with Crippen LogP contribution < -0.4 is 16.2 Å². The molecule has 1 aliphatic carbocycles. The van der Waals surface area contributed by atoms with E-state index in [1.165, 1.54) is 19.3 Å². The van der Waals surface area contributed by atoms with Gasteiger partial charge in [0.15, 0.2) is 0 Å². The first-order chi connectivity index (χ1) is 9.81. The molecule has 0 bridgehead atoms. The fourth-order valence-corrected chi connectivity index (χ4v) is 2.72. The van der Waals surface area contributed by atoms with Crippen molar-refractivity contribution in [1.29, 1.82) is 0 Å². The Balaban J connectivity index is 2.02. The maximum atomic E-state index is 5.50. The number of aromatic nitrogens is 2. The number of rotatable bonds is 5. The normalized spacial score (nSPS) is 15.1. The van der Waals surface area contributed by atoms with Gasteiger partial charge in [-0.3, -0.25) is 5.43 Å². The fraction of sp³-hybridized carbons (Fsp3) is 0.467. The molecule has 3 rings (SSSR count). The largest absolute Gasteiger partial charge is 0.356 e. The van der Waals surface area contributed by atoms with E-state index in [4.69, 9.17) is 5.84 Å². The van der Waals surface area contributed by atoms with Crippen LogP contribution in [0.5, 0.6) is 0 Å². The lowest BCUT2D eigenvalue weighted by Crippen LogP contribution is -2.33. The molecule has 1 fully saturated rings. The van der Waals surface area contributed by atoms with Gasteiger partial charge in [0.1, 0.15) is 5.82 Å². The molecule has 0 unspecified atom stereocenters. The predicted molar refractivity (Wildman–Crippen MR) is 82.6 cm³/mol. The molecule has 0 radical (unpaired) electrons. The molecule has 0 saturated heterocycles. The Morgan fingerprint density at radius 1 is 1.30 bits per heavy atom. The van der Waals surface area contributed by atoms with Gasteiger partial charge in [-0.2, -0.15) is 4.98 Å². The van der Waals surface area contributed by atoms with Gasteiger partial charge in [0.2, 0.25) is 5.95 Å². The van der Waals surface area contributed by atoms with Crippen LogP contribution >= 0.6 is 0 Å². The fourth-order valence-electron chi connectivity index (χ4n) is 2.72. The van der Waals surface area contributed by atoms with Crippen LogP contribution in [0.3, 0.4) is 0 Å². The first-order valence-electron chi connectivity index (χ1n) is 7.30. The first kappa shape index (κ1) is 13.1. The summed E-state index contributed by atoms with van der Waals surface area (Å²) >= 11 is 0. The minimum atomic E-state index is 0.478. The molecule has 5 nitrogen and oxygen atoms in total. The third-order valence-electron chi connectivity index (χ3n) is 4.10. The molecule has 106 valence electrons. The van der Waals surface area contributed by atoms with E-state index in [0.717, 1.165) is 35.7 Å². The van der Waals surface area contributed by atoms with E-state index in [2.05, 4.69) is 33.3 Å². The summed E-state index contributed by atoms with van der Waals surface area (Å²) in [5, 5.41) is 1.09. The highest BCUT2D eigenvalue weighted by atomic mass is 15.3. The molecule has 0 aliphatic heterocycles. The number of fused-ring (bicyclic) bond motifs is 1. The summed E-state index contributed by atoms with van der Waals surface area (Å²) in [6, 6.07) is 8.09. The zero-order valence-electron chi connectivity index (χ0n) is 11.8. The summed E-state index contributed by atoms with van der Waals surface area (Å²) in [5.74, 6) is 7.76. The lowest BCUT2D eigenvalue weighted by Gasteiger charge is -2.33. The van der Waals surface area contributed by atoms with E-state index >= 15 is 0 Å². The highest BCUT2D eigenvalue weighted by Gasteiger charge is 2.22. The summed E-state index contributed by atoms with van der Waals surface area (Å²) in [7, 11) is 0. The number of hydrazine groups is 1. The number of anilines is 2. The quantitative estimate of drug-likeness (QED) is 0.646. The molecular weight excluding hydrogens is 250 g/mol. The van der Waals surface area contributed by atoms with Crippen molar-refractivity contribution in [2.75, 3.05) is 23.4 Å². The number of nitrogen functional groups attached to an aromatic ring is 1.